The number of benzene rings is 2. The van der Waals surface area contributed by atoms with Crippen molar-refractivity contribution in [1.82, 2.24) is 0 Å². The predicted octanol–water partition coefficient (Wildman–Crippen LogP) is 4.74. The summed E-state index contributed by atoms with van der Waals surface area (Å²) in [5, 5.41) is 3.35. The van der Waals surface area contributed by atoms with Crippen molar-refractivity contribution in [2.75, 3.05) is 5.32 Å². The molecule has 1 N–H and O–H groups in total. The number of anilines is 1. The number of nitrogens with one attached hydrogen (secondary N) is 1. The van der Waals surface area contributed by atoms with Gasteiger partial charge in [-0.25, -0.2) is 4.79 Å². The van der Waals surface area contributed by atoms with E-state index in [0.717, 1.165) is 6.42 Å². The highest BCUT2D eigenvalue weighted by atomic mass is 35.5. The van der Waals surface area contributed by atoms with Crippen LogP contribution >= 0.6 is 23.2 Å². The zero-order valence-electron chi connectivity index (χ0n) is 13.3. The molecule has 1 amide bonds. The number of hydrogen-bond acceptors (Lipinski definition) is 3. The summed E-state index contributed by atoms with van der Waals surface area (Å²) in [6.45, 7) is 3.55. The third kappa shape index (κ3) is 4.98. The molecule has 0 saturated heterocycles. The minimum absolute atomic E-state index is 0.194. The summed E-state index contributed by atoms with van der Waals surface area (Å²) in [6.07, 6.45) is -0.0362. The molecule has 0 unspecified atom stereocenters. The quantitative estimate of drug-likeness (QED) is 0.778. The highest BCUT2D eigenvalue weighted by molar-refractivity contribution is 6.35. The second-order valence-electron chi connectivity index (χ2n) is 5.25. The van der Waals surface area contributed by atoms with E-state index in [1.807, 2.05) is 24.3 Å². The molecule has 126 valence electrons. The standard InChI is InChI=1S/C18H17Cl2NO3/c1-3-12-4-6-16(7-5-12)21-17(22)11(2)24-18(23)13-8-14(19)10-15(20)9-13/h4-11H,3H2,1-2H3,(H,21,22)/t11-/m1/s1. The molecule has 0 radical (unpaired) electrons. The van der Waals surface area contributed by atoms with Gasteiger partial charge in [0.05, 0.1) is 5.56 Å². The molecule has 4 nitrogen and oxygen atoms in total. The summed E-state index contributed by atoms with van der Waals surface area (Å²) in [7, 11) is 0. The van der Waals surface area contributed by atoms with Crippen LogP contribution in [0.15, 0.2) is 42.5 Å². The first-order valence-corrected chi connectivity index (χ1v) is 8.21. The van der Waals surface area contributed by atoms with Crippen molar-refractivity contribution in [3.05, 3.63) is 63.6 Å². The Kier molecular flexibility index (Phi) is 6.23. The first-order valence-electron chi connectivity index (χ1n) is 7.46. The first-order chi connectivity index (χ1) is 11.4. The molecule has 0 spiro atoms. The topological polar surface area (TPSA) is 55.4 Å². The molecule has 2 aromatic rings. The van der Waals surface area contributed by atoms with Crippen molar-refractivity contribution in [2.45, 2.75) is 26.4 Å². The molecular formula is C18H17Cl2NO3. The van der Waals surface area contributed by atoms with Gasteiger partial charge in [-0.05, 0) is 49.2 Å². The van der Waals surface area contributed by atoms with Gasteiger partial charge in [-0.2, -0.15) is 0 Å². The summed E-state index contributed by atoms with van der Waals surface area (Å²) in [4.78, 5) is 24.2. The molecule has 0 bridgehead atoms. The second-order valence-corrected chi connectivity index (χ2v) is 6.12. The molecule has 0 aliphatic heterocycles. The maximum Gasteiger partial charge on any atom is 0.339 e. The van der Waals surface area contributed by atoms with Gasteiger partial charge < -0.3 is 10.1 Å². The van der Waals surface area contributed by atoms with Gasteiger partial charge in [-0.15, -0.1) is 0 Å². The zero-order valence-corrected chi connectivity index (χ0v) is 14.8. The SMILES string of the molecule is CCc1ccc(NC(=O)[C@@H](C)OC(=O)c2cc(Cl)cc(Cl)c2)cc1. The Bertz CT molecular complexity index is 724. The van der Waals surface area contributed by atoms with E-state index in [2.05, 4.69) is 12.2 Å². The van der Waals surface area contributed by atoms with E-state index >= 15 is 0 Å². The Morgan fingerprint density at radius 2 is 1.67 bits per heavy atom. The van der Waals surface area contributed by atoms with Crippen LogP contribution in [0, 0.1) is 0 Å². The fraction of sp³-hybridized carbons (Fsp3) is 0.222. The number of ether oxygens (including phenoxy) is 1. The van der Waals surface area contributed by atoms with Gasteiger partial charge in [0.25, 0.3) is 5.91 Å². The molecule has 0 fully saturated rings. The number of rotatable bonds is 5. The van der Waals surface area contributed by atoms with Crippen LogP contribution in [0.5, 0.6) is 0 Å². The number of carbonyl (C=O) groups is 2. The van der Waals surface area contributed by atoms with Crippen LogP contribution in [0.4, 0.5) is 5.69 Å². The molecule has 6 heteroatoms. The van der Waals surface area contributed by atoms with Gasteiger partial charge in [-0.1, -0.05) is 42.3 Å². The van der Waals surface area contributed by atoms with Gasteiger partial charge in [0, 0.05) is 15.7 Å². The molecule has 0 aliphatic carbocycles. The van der Waals surface area contributed by atoms with Crippen LogP contribution in [0.25, 0.3) is 0 Å². The van der Waals surface area contributed by atoms with Crippen LogP contribution in [0.1, 0.15) is 29.8 Å². The van der Waals surface area contributed by atoms with E-state index in [9.17, 15) is 9.59 Å². The van der Waals surface area contributed by atoms with E-state index in [-0.39, 0.29) is 5.56 Å². The minimum atomic E-state index is -0.957. The zero-order chi connectivity index (χ0) is 17.7. The third-order valence-corrected chi connectivity index (χ3v) is 3.82. The van der Waals surface area contributed by atoms with Gasteiger partial charge >= 0.3 is 5.97 Å². The number of aryl methyl sites for hydroxylation is 1. The summed E-state index contributed by atoms with van der Waals surface area (Å²) >= 11 is 11.7. The van der Waals surface area contributed by atoms with Crippen LogP contribution in [0.3, 0.4) is 0 Å². The van der Waals surface area contributed by atoms with Crippen LogP contribution in [-0.2, 0) is 16.0 Å². The number of esters is 1. The van der Waals surface area contributed by atoms with Gasteiger partial charge in [0.2, 0.25) is 0 Å². The first kappa shape index (κ1) is 18.3. The number of hydrogen-bond donors (Lipinski definition) is 1. The Morgan fingerprint density at radius 1 is 1.08 bits per heavy atom. The van der Waals surface area contributed by atoms with Crippen molar-refractivity contribution in [3.8, 4) is 0 Å². The molecular weight excluding hydrogens is 349 g/mol. The van der Waals surface area contributed by atoms with Crippen molar-refractivity contribution < 1.29 is 14.3 Å². The highest BCUT2D eigenvalue weighted by Gasteiger charge is 2.19. The molecule has 0 aliphatic rings. The fourth-order valence-electron chi connectivity index (χ4n) is 2.02. The lowest BCUT2D eigenvalue weighted by Gasteiger charge is -2.14. The maximum absolute atomic E-state index is 12.1. The molecule has 2 aromatic carbocycles. The fourth-order valence-corrected chi connectivity index (χ4v) is 2.55. The Balaban J connectivity index is 1.98. The van der Waals surface area contributed by atoms with Crippen LogP contribution in [-0.4, -0.2) is 18.0 Å². The van der Waals surface area contributed by atoms with Gasteiger partial charge in [0.15, 0.2) is 6.10 Å². The Morgan fingerprint density at radius 3 is 2.21 bits per heavy atom. The molecule has 24 heavy (non-hydrogen) atoms. The largest absolute Gasteiger partial charge is 0.449 e. The van der Waals surface area contributed by atoms with E-state index in [4.69, 9.17) is 27.9 Å². The summed E-state index contributed by atoms with van der Waals surface area (Å²) < 4.78 is 5.16. The van der Waals surface area contributed by atoms with Crippen molar-refractivity contribution in [3.63, 3.8) is 0 Å². The lowest BCUT2D eigenvalue weighted by atomic mass is 10.1. The second kappa shape index (κ2) is 8.18. The third-order valence-electron chi connectivity index (χ3n) is 3.38. The summed E-state index contributed by atoms with van der Waals surface area (Å²) in [6, 6.07) is 11.9. The van der Waals surface area contributed by atoms with Gasteiger partial charge in [-0.3, -0.25) is 4.79 Å². The minimum Gasteiger partial charge on any atom is -0.449 e. The van der Waals surface area contributed by atoms with Gasteiger partial charge in [0.1, 0.15) is 0 Å². The molecule has 0 saturated carbocycles. The average molecular weight is 366 g/mol. The molecule has 0 aromatic heterocycles. The molecule has 1 atom stereocenters. The number of halogens is 2. The normalized spacial score (nSPS) is 11.7. The number of carbonyl (C=O) groups excluding carboxylic acids is 2. The number of amides is 1. The average Bonchev–Trinajstić information content (AvgIpc) is 2.54. The monoisotopic (exact) mass is 365 g/mol. The van der Waals surface area contributed by atoms with Crippen molar-refractivity contribution >= 4 is 40.8 Å². The van der Waals surface area contributed by atoms with Crippen LogP contribution in [0.2, 0.25) is 10.0 Å². The highest BCUT2D eigenvalue weighted by Crippen LogP contribution is 2.20. The maximum atomic E-state index is 12.1. The van der Waals surface area contributed by atoms with E-state index in [1.165, 1.54) is 30.7 Å². The van der Waals surface area contributed by atoms with Crippen molar-refractivity contribution in [1.29, 1.82) is 0 Å². The lowest BCUT2D eigenvalue weighted by molar-refractivity contribution is -0.123. The lowest BCUT2D eigenvalue weighted by Crippen LogP contribution is -2.30. The summed E-state index contributed by atoms with van der Waals surface area (Å²) in [5.41, 5.74) is 2.01. The van der Waals surface area contributed by atoms with E-state index < -0.39 is 18.0 Å². The molecule has 0 heterocycles. The molecule has 2 rings (SSSR count). The van der Waals surface area contributed by atoms with Crippen LogP contribution < -0.4 is 5.32 Å². The van der Waals surface area contributed by atoms with Crippen molar-refractivity contribution in [2.24, 2.45) is 0 Å². The Labute approximate surface area is 150 Å². The Hall–Kier alpha value is -2.04. The smallest absolute Gasteiger partial charge is 0.339 e. The van der Waals surface area contributed by atoms with E-state index in [1.54, 1.807) is 0 Å². The summed E-state index contributed by atoms with van der Waals surface area (Å²) in [5.74, 6) is -1.08. The van der Waals surface area contributed by atoms with E-state index in [0.29, 0.717) is 15.7 Å². The predicted molar refractivity (Wildman–Crippen MR) is 95.8 cm³/mol.